The lowest BCUT2D eigenvalue weighted by Crippen LogP contribution is -2.48. The highest BCUT2D eigenvalue weighted by Crippen LogP contribution is 2.22. The van der Waals surface area contributed by atoms with Crippen molar-refractivity contribution in [2.45, 2.75) is 24.9 Å². The first-order valence-corrected chi connectivity index (χ1v) is 8.70. The zero-order valence-electron chi connectivity index (χ0n) is 14.3. The first-order chi connectivity index (χ1) is 12.0. The zero-order chi connectivity index (χ0) is 17.9. The van der Waals surface area contributed by atoms with Crippen molar-refractivity contribution in [1.29, 1.82) is 0 Å². The Bertz CT molecular complexity index is 628. The van der Waals surface area contributed by atoms with Gasteiger partial charge in [-0.25, -0.2) is 0 Å². The van der Waals surface area contributed by atoms with E-state index >= 15 is 0 Å². The van der Waals surface area contributed by atoms with Gasteiger partial charge in [0.2, 0.25) is 5.91 Å². The van der Waals surface area contributed by atoms with E-state index in [4.69, 9.17) is 10.5 Å². The zero-order valence-corrected chi connectivity index (χ0v) is 14.3. The average molecular weight is 347 g/mol. The molecule has 0 saturated carbocycles. The highest BCUT2D eigenvalue weighted by atomic mass is 16.5. The summed E-state index contributed by atoms with van der Waals surface area (Å²) < 4.78 is 5.36. The van der Waals surface area contributed by atoms with Crippen molar-refractivity contribution < 1.29 is 19.4 Å². The highest BCUT2D eigenvalue weighted by Gasteiger charge is 2.36. The minimum atomic E-state index is -1.44. The van der Waals surface area contributed by atoms with Gasteiger partial charge in [0.1, 0.15) is 5.60 Å². The van der Waals surface area contributed by atoms with Gasteiger partial charge in [-0.1, -0.05) is 0 Å². The standard InChI is InChI=1S/C18H25N3O4/c19-16(22)11-18(24)12-21(9-10-25-13-18)17(23)14-3-5-15(6-4-14)20-7-1-2-8-20/h3-6,24H,1-2,7-13H2,(H2,19,22)/t18-/m0/s1. The molecule has 0 spiro atoms. The van der Waals surface area contributed by atoms with Crippen molar-refractivity contribution in [3.8, 4) is 0 Å². The number of rotatable bonds is 4. The predicted octanol–water partition coefficient (Wildman–Crippen LogP) is 0.366. The van der Waals surface area contributed by atoms with E-state index in [1.165, 1.54) is 17.7 Å². The molecule has 3 N–H and O–H groups in total. The second-order valence-electron chi connectivity index (χ2n) is 6.89. The summed E-state index contributed by atoms with van der Waals surface area (Å²) in [5.74, 6) is -0.795. The molecule has 0 unspecified atom stereocenters. The lowest BCUT2D eigenvalue weighted by Gasteiger charge is -2.30. The van der Waals surface area contributed by atoms with Crippen LogP contribution in [-0.4, -0.2) is 66.8 Å². The van der Waals surface area contributed by atoms with Gasteiger partial charge >= 0.3 is 0 Å². The van der Waals surface area contributed by atoms with Crippen molar-refractivity contribution >= 4 is 17.5 Å². The third kappa shape index (κ3) is 4.29. The van der Waals surface area contributed by atoms with Crippen LogP contribution in [-0.2, 0) is 9.53 Å². The molecular formula is C18H25N3O4. The molecule has 136 valence electrons. The second-order valence-corrected chi connectivity index (χ2v) is 6.89. The van der Waals surface area contributed by atoms with Crippen LogP contribution in [0, 0.1) is 0 Å². The van der Waals surface area contributed by atoms with Crippen LogP contribution in [0.3, 0.4) is 0 Å². The second kappa shape index (κ2) is 7.41. The Morgan fingerprint density at radius 3 is 2.48 bits per heavy atom. The Kier molecular flexibility index (Phi) is 5.24. The Morgan fingerprint density at radius 1 is 1.16 bits per heavy atom. The van der Waals surface area contributed by atoms with Gasteiger partial charge in [-0.2, -0.15) is 0 Å². The van der Waals surface area contributed by atoms with Crippen LogP contribution in [0.5, 0.6) is 0 Å². The molecule has 2 aliphatic heterocycles. The number of nitrogens with two attached hydrogens (primary N) is 1. The van der Waals surface area contributed by atoms with Gasteiger partial charge in [0.05, 0.1) is 26.2 Å². The number of carbonyl (C=O) groups is 2. The Labute approximate surface area is 147 Å². The van der Waals surface area contributed by atoms with Gasteiger partial charge in [-0.05, 0) is 37.1 Å². The molecule has 2 heterocycles. The Morgan fingerprint density at radius 2 is 1.84 bits per heavy atom. The monoisotopic (exact) mass is 347 g/mol. The molecule has 2 amide bonds. The van der Waals surface area contributed by atoms with Crippen LogP contribution in [0.25, 0.3) is 0 Å². The topological polar surface area (TPSA) is 96.1 Å². The van der Waals surface area contributed by atoms with E-state index in [1.807, 2.05) is 24.3 Å². The van der Waals surface area contributed by atoms with Crippen LogP contribution in [0.15, 0.2) is 24.3 Å². The lowest BCUT2D eigenvalue weighted by molar-refractivity contribution is -0.125. The molecule has 2 aliphatic rings. The fraction of sp³-hybridized carbons (Fsp3) is 0.556. The molecule has 2 saturated heterocycles. The summed E-state index contributed by atoms with van der Waals surface area (Å²) in [6.07, 6.45) is 2.17. The van der Waals surface area contributed by atoms with E-state index in [0.29, 0.717) is 18.7 Å². The molecule has 0 aromatic heterocycles. The van der Waals surface area contributed by atoms with Crippen molar-refractivity contribution in [3.63, 3.8) is 0 Å². The number of nitrogens with zero attached hydrogens (tertiary/aromatic N) is 2. The SMILES string of the molecule is NC(=O)C[C@@]1(O)COCCN(C(=O)c2ccc(N3CCCC3)cc2)C1. The molecule has 2 fully saturated rings. The Hall–Kier alpha value is -2.12. The van der Waals surface area contributed by atoms with E-state index in [2.05, 4.69) is 4.90 Å². The van der Waals surface area contributed by atoms with Crippen LogP contribution in [0.4, 0.5) is 5.69 Å². The number of hydrogen-bond acceptors (Lipinski definition) is 5. The number of carbonyl (C=O) groups excluding carboxylic acids is 2. The summed E-state index contributed by atoms with van der Waals surface area (Å²) in [6, 6.07) is 7.55. The van der Waals surface area contributed by atoms with Crippen LogP contribution in [0.2, 0.25) is 0 Å². The molecule has 25 heavy (non-hydrogen) atoms. The molecule has 7 nitrogen and oxygen atoms in total. The van der Waals surface area contributed by atoms with E-state index in [0.717, 1.165) is 18.8 Å². The van der Waals surface area contributed by atoms with Gasteiger partial charge in [-0.3, -0.25) is 9.59 Å². The lowest BCUT2D eigenvalue weighted by atomic mass is 9.99. The van der Waals surface area contributed by atoms with E-state index < -0.39 is 11.5 Å². The number of hydrogen-bond donors (Lipinski definition) is 2. The first kappa shape index (κ1) is 17.7. The van der Waals surface area contributed by atoms with Crippen LogP contribution in [0.1, 0.15) is 29.6 Å². The number of ether oxygens (including phenoxy) is 1. The Balaban J connectivity index is 1.71. The van der Waals surface area contributed by atoms with Crippen molar-refractivity contribution in [3.05, 3.63) is 29.8 Å². The molecule has 1 aromatic rings. The van der Waals surface area contributed by atoms with Gasteiger partial charge in [0.15, 0.2) is 0 Å². The number of amides is 2. The summed E-state index contributed by atoms with van der Waals surface area (Å²) in [4.78, 5) is 27.8. The van der Waals surface area contributed by atoms with Crippen molar-refractivity contribution in [1.82, 2.24) is 4.90 Å². The van der Waals surface area contributed by atoms with E-state index in [9.17, 15) is 14.7 Å². The first-order valence-electron chi connectivity index (χ1n) is 8.70. The molecule has 3 rings (SSSR count). The van der Waals surface area contributed by atoms with Crippen molar-refractivity contribution in [2.75, 3.05) is 44.3 Å². The molecular weight excluding hydrogens is 322 g/mol. The van der Waals surface area contributed by atoms with Gasteiger partial charge in [0.25, 0.3) is 5.91 Å². The van der Waals surface area contributed by atoms with Gasteiger partial charge in [0, 0.05) is 30.9 Å². The highest BCUT2D eigenvalue weighted by molar-refractivity contribution is 5.94. The third-order valence-corrected chi connectivity index (χ3v) is 4.74. The number of benzene rings is 1. The number of anilines is 1. The van der Waals surface area contributed by atoms with E-state index in [-0.39, 0.29) is 25.5 Å². The number of primary amides is 1. The summed E-state index contributed by atoms with van der Waals surface area (Å²) in [6.45, 7) is 2.82. The molecule has 0 radical (unpaired) electrons. The fourth-order valence-corrected chi connectivity index (χ4v) is 3.49. The summed E-state index contributed by atoms with van der Waals surface area (Å²) in [7, 11) is 0. The average Bonchev–Trinajstić information content (AvgIpc) is 3.04. The largest absolute Gasteiger partial charge is 0.385 e. The van der Waals surface area contributed by atoms with Gasteiger partial charge in [-0.15, -0.1) is 0 Å². The minimum Gasteiger partial charge on any atom is -0.385 e. The van der Waals surface area contributed by atoms with Crippen LogP contribution >= 0.6 is 0 Å². The molecule has 7 heteroatoms. The predicted molar refractivity (Wildman–Crippen MR) is 93.4 cm³/mol. The summed E-state index contributed by atoms with van der Waals surface area (Å²) >= 11 is 0. The smallest absolute Gasteiger partial charge is 0.254 e. The molecule has 1 aromatic carbocycles. The maximum absolute atomic E-state index is 12.8. The van der Waals surface area contributed by atoms with Crippen LogP contribution < -0.4 is 10.6 Å². The minimum absolute atomic E-state index is 0.00633. The molecule has 0 bridgehead atoms. The van der Waals surface area contributed by atoms with Gasteiger partial charge < -0.3 is 25.4 Å². The summed E-state index contributed by atoms with van der Waals surface area (Å²) in [5, 5.41) is 10.5. The van der Waals surface area contributed by atoms with E-state index in [1.54, 1.807) is 0 Å². The molecule has 0 aliphatic carbocycles. The number of aliphatic hydroxyl groups is 1. The quantitative estimate of drug-likeness (QED) is 0.820. The normalized spacial score (nSPS) is 24.2. The maximum Gasteiger partial charge on any atom is 0.254 e. The molecule has 1 atom stereocenters. The maximum atomic E-state index is 12.8. The number of β-amino-alcohol motifs (C(OH)–C–C–N with tert-alkyl or cyclic N) is 1. The summed E-state index contributed by atoms with van der Waals surface area (Å²) in [5.41, 5.74) is 5.45. The third-order valence-electron chi connectivity index (χ3n) is 4.74. The fourth-order valence-electron chi connectivity index (χ4n) is 3.49. The van der Waals surface area contributed by atoms with Crippen molar-refractivity contribution in [2.24, 2.45) is 5.73 Å².